The van der Waals surface area contributed by atoms with Gasteiger partial charge in [-0.1, -0.05) is 12.1 Å². The van der Waals surface area contributed by atoms with Crippen molar-refractivity contribution in [1.29, 1.82) is 0 Å². The zero-order chi connectivity index (χ0) is 20.2. The van der Waals surface area contributed by atoms with Crippen LogP contribution in [-0.2, 0) is 0 Å². The molecule has 0 atom stereocenters. The number of hydrogen-bond donors (Lipinski definition) is 1. The van der Waals surface area contributed by atoms with Crippen LogP contribution in [-0.4, -0.2) is 47.0 Å². The Labute approximate surface area is 171 Å². The van der Waals surface area contributed by atoms with Crippen molar-refractivity contribution >= 4 is 23.2 Å². The van der Waals surface area contributed by atoms with E-state index in [1.54, 1.807) is 12.4 Å². The molecule has 3 heterocycles. The zero-order valence-electron chi connectivity index (χ0n) is 16.8. The second-order valence-electron chi connectivity index (χ2n) is 7.32. The van der Waals surface area contributed by atoms with Gasteiger partial charge in [-0.3, -0.25) is 4.79 Å². The van der Waals surface area contributed by atoms with Crippen molar-refractivity contribution in [2.45, 2.75) is 13.8 Å². The van der Waals surface area contributed by atoms with Crippen LogP contribution in [0, 0.1) is 13.8 Å². The number of aromatic nitrogens is 2. The van der Waals surface area contributed by atoms with Gasteiger partial charge >= 0.3 is 0 Å². The van der Waals surface area contributed by atoms with Crippen molar-refractivity contribution in [1.82, 2.24) is 14.9 Å². The van der Waals surface area contributed by atoms with E-state index in [0.29, 0.717) is 18.7 Å². The van der Waals surface area contributed by atoms with Gasteiger partial charge < -0.3 is 15.1 Å². The number of hydrogen-bond acceptors (Lipinski definition) is 5. The topological polar surface area (TPSA) is 61.4 Å². The lowest BCUT2D eigenvalue weighted by Gasteiger charge is -2.35. The first-order chi connectivity index (χ1) is 14.1. The molecule has 1 aliphatic heterocycles. The minimum absolute atomic E-state index is 0.0240. The maximum Gasteiger partial charge on any atom is 0.255 e. The molecule has 1 aromatic carbocycles. The molecule has 1 N–H and O–H groups in total. The maximum absolute atomic E-state index is 12.8. The fourth-order valence-corrected chi connectivity index (χ4v) is 3.42. The molecular formula is C23H25N5O. The summed E-state index contributed by atoms with van der Waals surface area (Å²) < 4.78 is 0. The molecule has 4 rings (SSSR count). The Hall–Kier alpha value is -3.41. The second kappa shape index (κ2) is 8.31. The lowest BCUT2D eigenvalue weighted by atomic mass is 10.1. The number of piperazine rings is 1. The molecule has 1 saturated heterocycles. The summed E-state index contributed by atoms with van der Waals surface area (Å²) >= 11 is 0. The van der Waals surface area contributed by atoms with Gasteiger partial charge in [0.05, 0.1) is 5.56 Å². The van der Waals surface area contributed by atoms with Crippen molar-refractivity contribution in [3.05, 3.63) is 77.6 Å². The summed E-state index contributed by atoms with van der Waals surface area (Å²) in [5.41, 5.74) is 4.09. The number of aryl methyl sites for hydroxylation is 2. The molecule has 1 fully saturated rings. The van der Waals surface area contributed by atoms with Crippen LogP contribution in [0.25, 0.3) is 0 Å². The zero-order valence-corrected chi connectivity index (χ0v) is 16.8. The van der Waals surface area contributed by atoms with Gasteiger partial charge in [-0.25, -0.2) is 9.97 Å². The Balaban J connectivity index is 1.36. The van der Waals surface area contributed by atoms with E-state index in [0.717, 1.165) is 30.4 Å². The standard InChI is InChI=1S/C23H25N5O/c1-17-6-8-20(15-18(17)2)26-21-9-7-19(16-25-21)23(29)28-13-11-27(12-14-28)22-5-3-4-10-24-22/h3-10,15-16H,11-14H2,1-2H3,(H,25,26). The van der Waals surface area contributed by atoms with E-state index in [1.165, 1.54) is 11.1 Å². The predicted octanol–water partition coefficient (Wildman–Crippen LogP) is 3.80. The number of carbonyl (C=O) groups is 1. The van der Waals surface area contributed by atoms with Crippen molar-refractivity contribution in [2.75, 3.05) is 36.4 Å². The van der Waals surface area contributed by atoms with E-state index >= 15 is 0 Å². The molecular weight excluding hydrogens is 362 g/mol. The SMILES string of the molecule is Cc1ccc(Nc2ccc(C(=O)N3CCN(c4ccccn4)CC3)cn2)cc1C. The van der Waals surface area contributed by atoms with Crippen LogP contribution in [0.15, 0.2) is 60.9 Å². The van der Waals surface area contributed by atoms with Crippen LogP contribution in [0.5, 0.6) is 0 Å². The van der Waals surface area contributed by atoms with E-state index < -0.39 is 0 Å². The fourth-order valence-electron chi connectivity index (χ4n) is 3.42. The second-order valence-corrected chi connectivity index (χ2v) is 7.32. The quantitative estimate of drug-likeness (QED) is 0.738. The Morgan fingerprint density at radius 3 is 2.41 bits per heavy atom. The first kappa shape index (κ1) is 18.9. The van der Waals surface area contributed by atoms with Gasteiger partial charge in [-0.2, -0.15) is 0 Å². The highest BCUT2D eigenvalue weighted by atomic mass is 16.2. The van der Waals surface area contributed by atoms with Crippen LogP contribution in [0.2, 0.25) is 0 Å². The molecule has 0 saturated carbocycles. The number of benzene rings is 1. The number of amides is 1. The summed E-state index contributed by atoms with van der Waals surface area (Å²) in [6, 6.07) is 15.8. The van der Waals surface area contributed by atoms with Crippen LogP contribution in [0.4, 0.5) is 17.3 Å². The molecule has 0 radical (unpaired) electrons. The number of rotatable bonds is 4. The lowest BCUT2D eigenvalue weighted by molar-refractivity contribution is 0.0746. The van der Waals surface area contributed by atoms with Gasteiger partial charge in [-0.05, 0) is 61.4 Å². The summed E-state index contributed by atoms with van der Waals surface area (Å²) in [7, 11) is 0. The number of nitrogens with one attached hydrogen (secondary N) is 1. The van der Waals surface area contributed by atoms with Crippen molar-refractivity contribution in [3.8, 4) is 0 Å². The molecule has 0 aliphatic carbocycles. The maximum atomic E-state index is 12.8. The highest BCUT2D eigenvalue weighted by molar-refractivity contribution is 5.94. The highest BCUT2D eigenvalue weighted by Crippen LogP contribution is 2.19. The predicted molar refractivity (Wildman–Crippen MR) is 116 cm³/mol. The van der Waals surface area contributed by atoms with E-state index in [4.69, 9.17) is 0 Å². The monoisotopic (exact) mass is 387 g/mol. The molecule has 6 heteroatoms. The molecule has 0 bridgehead atoms. The van der Waals surface area contributed by atoms with E-state index in [2.05, 4.69) is 46.2 Å². The third-order valence-corrected chi connectivity index (χ3v) is 5.33. The lowest BCUT2D eigenvalue weighted by Crippen LogP contribution is -2.49. The summed E-state index contributed by atoms with van der Waals surface area (Å²) in [5, 5.41) is 3.29. The smallest absolute Gasteiger partial charge is 0.255 e. The molecule has 148 valence electrons. The minimum atomic E-state index is 0.0240. The summed E-state index contributed by atoms with van der Waals surface area (Å²) in [4.78, 5) is 25.7. The van der Waals surface area contributed by atoms with Crippen molar-refractivity contribution in [2.24, 2.45) is 0 Å². The number of pyridine rings is 2. The Morgan fingerprint density at radius 2 is 1.76 bits per heavy atom. The van der Waals surface area contributed by atoms with Crippen molar-refractivity contribution in [3.63, 3.8) is 0 Å². The Morgan fingerprint density at radius 1 is 0.931 bits per heavy atom. The third kappa shape index (κ3) is 4.37. The number of carbonyl (C=O) groups excluding carboxylic acids is 1. The molecule has 0 spiro atoms. The minimum Gasteiger partial charge on any atom is -0.353 e. The van der Waals surface area contributed by atoms with Gasteiger partial charge in [0.25, 0.3) is 5.91 Å². The number of nitrogens with zero attached hydrogens (tertiary/aromatic N) is 4. The van der Waals surface area contributed by atoms with Gasteiger partial charge in [0.1, 0.15) is 11.6 Å². The molecule has 6 nitrogen and oxygen atoms in total. The molecule has 3 aromatic rings. The van der Waals surface area contributed by atoms with E-state index in [1.807, 2.05) is 41.3 Å². The molecule has 29 heavy (non-hydrogen) atoms. The first-order valence-corrected chi connectivity index (χ1v) is 9.86. The average molecular weight is 387 g/mol. The molecule has 0 unspecified atom stereocenters. The van der Waals surface area contributed by atoms with Gasteiger partial charge in [0, 0.05) is 44.3 Å². The molecule has 1 aliphatic rings. The van der Waals surface area contributed by atoms with E-state index in [9.17, 15) is 4.79 Å². The van der Waals surface area contributed by atoms with Crippen LogP contribution in [0.1, 0.15) is 21.5 Å². The molecule has 2 aromatic heterocycles. The largest absolute Gasteiger partial charge is 0.353 e. The Kier molecular flexibility index (Phi) is 5.42. The number of anilines is 3. The first-order valence-electron chi connectivity index (χ1n) is 9.86. The van der Waals surface area contributed by atoms with Crippen molar-refractivity contribution < 1.29 is 4.79 Å². The van der Waals surface area contributed by atoms with Gasteiger partial charge in [0.15, 0.2) is 0 Å². The van der Waals surface area contributed by atoms with E-state index in [-0.39, 0.29) is 5.91 Å². The molecule has 1 amide bonds. The summed E-state index contributed by atoms with van der Waals surface area (Å²) in [6.07, 6.45) is 3.45. The summed E-state index contributed by atoms with van der Waals surface area (Å²) in [5.74, 6) is 1.71. The third-order valence-electron chi connectivity index (χ3n) is 5.33. The van der Waals surface area contributed by atoms with Crippen LogP contribution >= 0.6 is 0 Å². The fraction of sp³-hybridized carbons (Fsp3) is 0.261. The average Bonchev–Trinajstić information content (AvgIpc) is 2.77. The Bertz CT molecular complexity index is 980. The summed E-state index contributed by atoms with van der Waals surface area (Å²) in [6.45, 7) is 7.10. The normalized spacial score (nSPS) is 14.0. The van der Waals surface area contributed by atoms with Gasteiger partial charge in [-0.15, -0.1) is 0 Å². The van der Waals surface area contributed by atoms with Crippen LogP contribution in [0.3, 0.4) is 0 Å². The van der Waals surface area contributed by atoms with Crippen LogP contribution < -0.4 is 10.2 Å². The highest BCUT2D eigenvalue weighted by Gasteiger charge is 2.23. The van der Waals surface area contributed by atoms with Gasteiger partial charge in [0.2, 0.25) is 0 Å².